The zero-order chi connectivity index (χ0) is 13.4. The summed E-state index contributed by atoms with van der Waals surface area (Å²) in [6, 6.07) is 5.44. The number of carbonyl (C=O) groups is 1. The molecule has 0 aromatic heterocycles. The average molecular weight is 344 g/mol. The fourth-order valence-electron chi connectivity index (χ4n) is 3.05. The Morgan fingerprint density at radius 3 is 2.95 bits per heavy atom. The molecular weight excluding hydrogens is 328 g/mol. The van der Waals surface area contributed by atoms with Gasteiger partial charge in [0.05, 0.1) is 10.6 Å². The van der Waals surface area contributed by atoms with Crippen molar-refractivity contribution in [1.82, 2.24) is 10.2 Å². The Bertz CT molecular complexity index is 508. The first-order chi connectivity index (χ1) is 9.15. The third kappa shape index (κ3) is 2.67. The molecule has 2 saturated heterocycles. The first kappa shape index (κ1) is 13.4. The normalized spacial score (nSPS) is 26.3. The van der Waals surface area contributed by atoms with Gasteiger partial charge in [-0.15, -0.1) is 0 Å². The highest BCUT2D eigenvalue weighted by atomic mass is 79.9. The Kier molecular flexibility index (Phi) is 3.83. The number of likely N-dealkylation sites (tertiary alicyclic amines) is 1. The smallest absolute Gasteiger partial charge is 0.255 e. The van der Waals surface area contributed by atoms with Crippen LogP contribution >= 0.6 is 27.5 Å². The van der Waals surface area contributed by atoms with Gasteiger partial charge in [0.15, 0.2) is 0 Å². The highest BCUT2D eigenvalue weighted by Crippen LogP contribution is 2.29. The van der Waals surface area contributed by atoms with Crippen molar-refractivity contribution >= 4 is 33.4 Å². The standard InChI is InChI=1S/C14H16BrClN2O/c15-11-1-2-12(13(16)5-11)14(19)18-4-3-9-6-17-7-10(9)8-18/h1-2,5,9-10,17H,3-4,6-8H2. The number of carbonyl (C=O) groups excluding carboxylic acids is 1. The molecule has 102 valence electrons. The summed E-state index contributed by atoms with van der Waals surface area (Å²) >= 11 is 9.53. The highest BCUT2D eigenvalue weighted by molar-refractivity contribution is 9.10. The Labute approximate surface area is 126 Å². The zero-order valence-corrected chi connectivity index (χ0v) is 12.9. The number of amides is 1. The van der Waals surface area contributed by atoms with Crippen LogP contribution in [0.25, 0.3) is 0 Å². The van der Waals surface area contributed by atoms with Crippen molar-refractivity contribution in [2.75, 3.05) is 26.2 Å². The summed E-state index contributed by atoms with van der Waals surface area (Å²) in [7, 11) is 0. The van der Waals surface area contributed by atoms with Gasteiger partial charge in [0.25, 0.3) is 5.91 Å². The Morgan fingerprint density at radius 2 is 2.16 bits per heavy atom. The average Bonchev–Trinajstić information content (AvgIpc) is 2.85. The molecule has 0 saturated carbocycles. The van der Waals surface area contributed by atoms with Gasteiger partial charge in [-0.1, -0.05) is 27.5 Å². The predicted octanol–water partition coefficient (Wildman–Crippen LogP) is 2.78. The number of halogens is 2. The molecule has 2 fully saturated rings. The second-order valence-electron chi connectivity index (χ2n) is 5.34. The minimum atomic E-state index is 0.0582. The molecule has 1 aromatic rings. The molecule has 0 aliphatic carbocycles. The van der Waals surface area contributed by atoms with Gasteiger partial charge < -0.3 is 10.2 Å². The number of rotatable bonds is 1. The van der Waals surface area contributed by atoms with Crippen LogP contribution in [0, 0.1) is 11.8 Å². The minimum Gasteiger partial charge on any atom is -0.338 e. The summed E-state index contributed by atoms with van der Waals surface area (Å²) in [5.41, 5.74) is 0.606. The van der Waals surface area contributed by atoms with E-state index in [-0.39, 0.29) is 5.91 Å². The van der Waals surface area contributed by atoms with Crippen molar-refractivity contribution in [3.05, 3.63) is 33.3 Å². The topological polar surface area (TPSA) is 32.3 Å². The van der Waals surface area contributed by atoms with E-state index < -0.39 is 0 Å². The summed E-state index contributed by atoms with van der Waals surface area (Å²) in [6.07, 6.45) is 1.09. The molecule has 0 spiro atoms. The molecule has 0 radical (unpaired) electrons. The van der Waals surface area contributed by atoms with Crippen LogP contribution in [-0.2, 0) is 0 Å². The second kappa shape index (κ2) is 5.43. The molecule has 2 aliphatic heterocycles. The lowest BCUT2D eigenvalue weighted by molar-refractivity contribution is 0.0642. The van der Waals surface area contributed by atoms with Gasteiger partial charge >= 0.3 is 0 Å². The molecular formula is C14H16BrClN2O. The fraction of sp³-hybridized carbons (Fsp3) is 0.500. The number of nitrogens with one attached hydrogen (secondary N) is 1. The van der Waals surface area contributed by atoms with Crippen molar-refractivity contribution in [1.29, 1.82) is 0 Å². The maximum absolute atomic E-state index is 12.5. The van der Waals surface area contributed by atoms with Crippen LogP contribution in [0.5, 0.6) is 0 Å². The van der Waals surface area contributed by atoms with E-state index in [0.29, 0.717) is 16.5 Å². The zero-order valence-electron chi connectivity index (χ0n) is 10.5. The number of benzene rings is 1. The molecule has 5 heteroatoms. The van der Waals surface area contributed by atoms with Crippen LogP contribution < -0.4 is 5.32 Å². The van der Waals surface area contributed by atoms with Crippen molar-refractivity contribution in [2.45, 2.75) is 6.42 Å². The molecule has 0 bridgehead atoms. The summed E-state index contributed by atoms with van der Waals surface area (Å²) in [5.74, 6) is 1.40. The van der Waals surface area contributed by atoms with Crippen LogP contribution in [0.2, 0.25) is 5.02 Å². The number of hydrogen-bond acceptors (Lipinski definition) is 2. The fourth-order valence-corrected chi connectivity index (χ4v) is 3.81. The maximum atomic E-state index is 12.5. The molecule has 3 nitrogen and oxygen atoms in total. The highest BCUT2D eigenvalue weighted by Gasteiger charge is 2.35. The lowest BCUT2D eigenvalue weighted by atomic mass is 9.88. The third-order valence-corrected chi connectivity index (χ3v) is 4.96. The van der Waals surface area contributed by atoms with Crippen LogP contribution in [0.15, 0.2) is 22.7 Å². The number of hydrogen-bond donors (Lipinski definition) is 1. The molecule has 2 unspecified atom stereocenters. The van der Waals surface area contributed by atoms with Crippen LogP contribution in [0.4, 0.5) is 0 Å². The molecule has 19 heavy (non-hydrogen) atoms. The lowest BCUT2D eigenvalue weighted by Gasteiger charge is -2.34. The van der Waals surface area contributed by atoms with Gasteiger partial charge in [-0.2, -0.15) is 0 Å². The van der Waals surface area contributed by atoms with E-state index in [1.54, 1.807) is 12.1 Å². The van der Waals surface area contributed by atoms with Crippen molar-refractivity contribution in [3.8, 4) is 0 Å². The first-order valence-electron chi connectivity index (χ1n) is 6.60. The predicted molar refractivity (Wildman–Crippen MR) is 79.5 cm³/mol. The lowest BCUT2D eigenvalue weighted by Crippen LogP contribution is -2.43. The summed E-state index contributed by atoms with van der Waals surface area (Å²) < 4.78 is 0.896. The van der Waals surface area contributed by atoms with E-state index in [9.17, 15) is 4.79 Å². The van der Waals surface area contributed by atoms with Crippen molar-refractivity contribution < 1.29 is 4.79 Å². The van der Waals surface area contributed by atoms with Crippen LogP contribution in [0.1, 0.15) is 16.8 Å². The van der Waals surface area contributed by atoms with Gasteiger partial charge in [0.1, 0.15) is 0 Å². The van der Waals surface area contributed by atoms with Gasteiger partial charge in [-0.05, 0) is 49.5 Å². The maximum Gasteiger partial charge on any atom is 0.255 e. The molecule has 1 aromatic carbocycles. The van der Waals surface area contributed by atoms with E-state index >= 15 is 0 Å². The number of nitrogens with zero attached hydrogens (tertiary/aromatic N) is 1. The minimum absolute atomic E-state index is 0.0582. The van der Waals surface area contributed by atoms with Crippen molar-refractivity contribution in [3.63, 3.8) is 0 Å². The van der Waals surface area contributed by atoms with E-state index in [1.165, 1.54) is 0 Å². The molecule has 1 N–H and O–H groups in total. The molecule has 3 rings (SSSR count). The van der Waals surface area contributed by atoms with Gasteiger partial charge in [0.2, 0.25) is 0 Å². The SMILES string of the molecule is O=C(c1ccc(Br)cc1Cl)N1CCC2CNCC2C1. The number of piperidine rings is 1. The second-order valence-corrected chi connectivity index (χ2v) is 6.67. The molecule has 2 heterocycles. The van der Waals surface area contributed by atoms with Gasteiger partial charge in [-0.25, -0.2) is 0 Å². The monoisotopic (exact) mass is 342 g/mol. The largest absolute Gasteiger partial charge is 0.338 e. The first-order valence-corrected chi connectivity index (χ1v) is 7.77. The van der Waals surface area contributed by atoms with E-state index in [0.717, 1.165) is 43.0 Å². The molecule has 1 amide bonds. The Morgan fingerprint density at radius 1 is 1.37 bits per heavy atom. The van der Waals surface area contributed by atoms with E-state index in [4.69, 9.17) is 11.6 Å². The van der Waals surface area contributed by atoms with Crippen LogP contribution in [-0.4, -0.2) is 37.0 Å². The van der Waals surface area contributed by atoms with Gasteiger partial charge in [-0.3, -0.25) is 4.79 Å². The van der Waals surface area contributed by atoms with Crippen LogP contribution in [0.3, 0.4) is 0 Å². The van der Waals surface area contributed by atoms with E-state index in [2.05, 4.69) is 21.2 Å². The third-order valence-electron chi connectivity index (χ3n) is 4.15. The Balaban J connectivity index is 1.76. The number of fused-ring (bicyclic) bond motifs is 1. The molecule has 2 aliphatic rings. The van der Waals surface area contributed by atoms with E-state index in [1.807, 2.05) is 11.0 Å². The molecule has 2 atom stereocenters. The summed E-state index contributed by atoms with van der Waals surface area (Å²) in [6.45, 7) is 3.82. The van der Waals surface area contributed by atoms with Gasteiger partial charge in [0, 0.05) is 17.6 Å². The quantitative estimate of drug-likeness (QED) is 0.850. The van der Waals surface area contributed by atoms with Crippen molar-refractivity contribution in [2.24, 2.45) is 11.8 Å². The Hall–Kier alpha value is -0.580. The summed E-state index contributed by atoms with van der Waals surface area (Å²) in [4.78, 5) is 14.5. The summed E-state index contributed by atoms with van der Waals surface area (Å²) in [5, 5.41) is 3.93.